The monoisotopic (exact) mass is 298 g/mol. The van der Waals surface area contributed by atoms with Gasteiger partial charge in [0.05, 0.1) is 0 Å². The molecule has 0 fully saturated rings. The van der Waals surface area contributed by atoms with Gasteiger partial charge in [-0.3, -0.25) is 4.79 Å². The highest BCUT2D eigenvalue weighted by Crippen LogP contribution is 2.22. The second-order valence-electron chi connectivity index (χ2n) is 6.41. The summed E-state index contributed by atoms with van der Waals surface area (Å²) >= 11 is 0. The van der Waals surface area contributed by atoms with Crippen molar-refractivity contribution in [1.82, 2.24) is 0 Å². The van der Waals surface area contributed by atoms with Crippen molar-refractivity contribution in [2.45, 2.75) is 33.2 Å². The molecule has 3 N–H and O–H groups in total. The summed E-state index contributed by atoms with van der Waals surface area (Å²) in [5.74, 6) is -0.0839. The van der Waals surface area contributed by atoms with Gasteiger partial charge < -0.3 is 15.7 Å². The predicted octanol–water partition coefficient (Wildman–Crippen LogP) is 4.16. The van der Waals surface area contributed by atoms with Crippen molar-refractivity contribution < 1.29 is 9.90 Å². The summed E-state index contributed by atoms with van der Waals surface area (Å²) in [5, 5.41) is 15.6. The normalized spacial score (nSPS) is 11.1. The molecule has 116 valence electrons. The molecule has 22 heavy (non-hydrogen) atoms. The van der Waals surface area contributed by atoms with Crippen molar-refractivity contribution in [1.29, 1.82) is 0 Å². The third-order valence-electron chi connectivity index (χ3n) is 3.11. The van der Waals surface area contributed by atoms with Crippen LogP contribution >= 0.6 is 0 Å². The third-order valence-corrected chi connectivity index (χ3v) is 3.11. The van der Waals surface area contributed by atoms with Crippen molar-refractivity contribution >= 4 is 17.3 Å². The van der Waals surface area contributed by atoms with E-state index in [-0.39, 0.29) is 17.2 Å². The molecule has 0 saturated carbocycles. The van der Waals surface area contributed by atoms with E-state index in [2.05, 4.69) is 31.4 Å². The summed E-state index contributed by atoms with van der Waals surface area (Å²) in [6.45, 7) is 8.23. The lowest BCUT2D eigenvalue weighted by atomic mass is 10.0. The molecule has 0 aromatic heterocycles. The number of rotatable bonds is 3. The Kier molecular flexibility index (Phi) is 4.40. The fourth-order valence-electron chi connectivity index (χ4n) is 2.09. The number of amides is 1. The van der Waals surface area contributed by atoms with Gasteiger partial charge in [0.2, 0.25) is 0 Å². The van der Waals surface area contributed by atoms with Gasteiger partial charge in [0.15, 0.2) is 0 Å². The highest BCUT2D eigenvalue weighted by atomic mass is 16.3. The highest BCUT2D eigenvalue weighted by molar-refractivity contribution is 6.05. The topological polar surface area (TPSA) is 61.4 Å². The summed E-state index contributed by atoms with van der Waals surface area (Å²) in [6.07, 6.45) is 0. The molecule has 2 aromatic carbocycles. The Bertz CT molecular complexity index is 688. The summed E-state index contributed by atoms with van der Waals surface area (Å²) in [4.78, 5) is 12.3. The molecule has 0 aliphatic heterocycles. The third kappa shape index (κ3) is 4.25. The van der Waals surface area contributed by atoms with Crippen molar-refractivity contribution in [3.63, 3.8) is 0 Å². The van der Waals surface area contributed by atoms with Crippen LogP contribution in [0.4, 0.5) is 11.4 Å². The summed E-state index contributed by atoms with van der Waals surface area (Å²) in [6, 6.07) is 12.1. The van der Waals surface area contributed by atoms with E-state index in [1.807, 2.05) is 19.1 Å². The molecule has 2 rings (SSSR count). The Labute approximate surface area is 131 Å². The van der Waals surface area contributed by atoms with Crippen LogP contribution < -0.4 is 10.6 Å². The molecule has 0 aliphatic rings. The van der Waals surface area contributed by atoms with Gasteiger partial charge in [-0.1, -0.05) is 12.1 Å². The fourth-order valence-corrected chi connectivity index (χ4v) is 2.09. The summed E-state index contributed by atoms with van der Waals surface area (Å²) in [5.41, 5.74) is 3.09. The lowest BCUT2D eigenvalue weighted by Gasteiger charge is -2.24. The summed E-state index contributed by atoms with van der Waals surface area (Å²) < 4.78 is 0. The molecule has 0 radical (unpaired) electrons. The van der Waals surface area contributed by atoms with Crippen molar-refractivity contribution in [3.8, 4) is 5.75 Å². The zero-order valence-corrected chi connectivity index (χ0v) is 13.4. The minimum atomic E-state index is -0.206. The number of carbonyl (C=O) groups is 1. The number of phenols is 1. The number of hydrogen-bond donors (Lipinski definition) is 3. The number of anilines is 2. The zero-order valence-electron chi connectivity index (χ0n) is 13.4. The molecule has 2 aromatic rings. The molecule has 0 bridgehead atoms. The Hall–Kier alpha value is -2.49. The molecule has 0 saturated heterocycles. The Morgan fingerprint density at radius 2 is 1.82 bits per heavy atom. The van der Waals surface area contributed by atoms with Gasteiger partial charge in [-0.15, -0.1) is 0 Å². The Morgan fingerprint density at radius 1 is 1.09 bits per heavy atom. The number of hydrogen-bond acceptors (Lipinski definition) is 3. The van der Waals surface area contributed by atoms with Gasteiger partial charge in [0.25, 0.3) is 5.91 Å². The fraction of sp³-hybridized carbons (Fsp3) is 0.278. The smallest absolute Gasteiger partial charge is 0.255 e. The van der Waals surface area contributed by atoms with Crippen LogP contribution in [-0.4, -0.2) is 16.6 Å². The maximum Gasteiger partial charge on any atom is 0.255 e. The molecular formula is C18H22N2O2. The van der Waals surface area contributed by atoms with E-state index < -0.39 is 0 Å². The first kappa shape index (κ1) is 15.9. The van der Waals surface area contributed by atoms with Crippen molar-refractivity contribution in [2.24, 2.45) is 0 Å². The highest BCUT2D eigenvalue weighted by Gasteiger charge is 2.13. The van der Waals surface area contributed by atoms with Crippen molar-refractivity contribution in [2.75, 3.05) is 10.6 Å². The average molecular weight is 298 g/mol. The van der Waals surface area contributed by atoms with Crippen molar-refractivity contribution in [3.05, 3.63) is 53.6 Å². The van der Waals surface area contributed by atoms with Crippen LogP contribution in [0.5, 0.6) is 5.75 Å². The zero-order chi connectivity index (χ0) is 16.3. The Balaban J connectivity index is 2.21. The molecule has 0 heterocycles. The number of nitrogens with one attached hydrogen (secondary N) is 2. The molecule has 1 amide bonds. The van der Waals surface area contributed by atoms with E-state index in [9.17, 15) is 9.90 Å². The second kappa shape index (κ2) is 6.10. The van der Waals surface area contributed by atoms with E-state index in [1.165, 1.54) is 6.07 Å². The molecule has 4 heteroatoms. The lowest BCUT2D eigenvalue weighted by molar-refractivity contribution is 0.102. The first-order chi connectivity index (χ1) is 10.2. The van der Waals surface area contributed by atoms with Gasteiger partial charge in [0.1, 0.15) is 5.75 Å². The van der Waals surface area contributed by atoms with E-state index in [0.29, 0.717) is 11.3 Å². The number of carbonyl (C=O) groups excluding carboxylic acids is 1. The minimum Gasteiger partial charge on any atom is -0.508 e. The standard InChI is InChI=1S/C18H22N2O2/c1-12-8-9-13(10-16(12)20-18(2,3)4)17(22)19-14-6-5-7-15(21)11-14/h5-11,20-21H,1-4H3,(H,19,22). The number of benzene rings is 2. The average Bonchev–Trinajstić information content (AvgIpc) is 2.39. The quantitative estimate of drug-likeness (QED) is 0.797. The van der Waals surface area contributed by atoms with Crippen LogP contribution in [-0.2, 0) is 0 Å². The predicted molar refractivity (Wildman–Crippen MR) is 90.6 cm³/mol. The minimum absolute atomic E-state index is 0.0783. The van der Waals surface area contributed by atoms with E-state index in [0.717, 1.165) is 11.3 Å². The number of phenolic OH excluding ortho intramolecular Hbond substituents is 1. The lowest BCUT2D eigenvalue weighted by Crippen LogP contribution is -2.26. The van der Waals surface area contributed by atoms with Crippen LogP contribution in [0, 0.1) is 6.92 Å². The first-order valence-corrected chi connectivity index (χ1v) is 7.24. The van der Waals surface area contributed by atoms with Gasteiger partial charge >= 0.3 is 0 Å². The maximum atomic E-state index is 12.3. The molecule has 0 atom stereocenters. The van der Waals surface area contributed by atoms with E-state index in [1.54, 1.807) is 24.3 Å². The van der Waals surface area contributed by atoms with Crippen LogP contribution in [0.1, 0.15) is 36.7 Å². The van der Waals surface area contributed by atoms with Gasteiger partial charge in [-0.2, -0.15) is 0 Å². The van der Waals surface area contributed by atoms with Gasteiger partial charge in [-0.05, 0) is 57.5 Å². The van der Waals surface area contributed by atoms with E-state index in [4.69, 9.17) is 0 Å². The number of aromatic hydroxyl groups is 1. The van der Waals surface area contributed by atoms with Crippen LogP contribution in [0.25, 0.3) is 0 Å². The Morgan fingerprint density at radius 3 is 2.45 bits per heavy atom. The first-order valence-electron chi connectivity index (χ1n) is 7.24. The molecule has 0 aliphatic carbocycles. The summed E-state index contributed by atoms with van der Waals surface area (Å²) in [7, 11) is 0. The number of aryl methyl sites for hydroxylation is 1. The van der Waals surface area contributed by atoms with Crippen LogP contribution in [0.15, 0.2) is 42.5 Å². The second-order valence-corrected chi connectivity index (χ2v) is 6.41. The van der Waals surface area contributed by atoms with Crippen LogP contribution in [0.3, 0.4) is 0 Å². The van der Waals surface area contributed by atoms with E-state index >= 15 is 0 Å². The van der Waals surface area contributed by atoms with Crippen LogP contribution in [0.2, 0.25) is 0 Å². The molecular weight excluding hydrogens is 276 g/mol. The maximum absolute atomic E-state index is 12.3. The SMILES string of the molecule is Cc1ccc(C(=O)Nc2cccc(O)c2)cc1NC(C)(C)C. The molecule has 4 nitrogen and oxygen atoms in total. The molecule has 0 unspecified atom stereocenters. The van der Waals surface area contributed by atoms with Gasteiger partial charge in [-0.25, -0.2) is 0 Å². The van der Waals surface area contributed by atoms with Gasteiger partial charge in [0, 0.05) is 28.5 Å². The molecule has 0 spiro atoms. The largest absolute Gasteiger partial charge is 0.508 e.